The standard InChI is InChI=1S/C14H25N3S/c1-10(17(2)12-6-7-12)8-15-14-16-13-5-3-4-11(13)9-18-14/h10-13H,3-9H2,1-2H3,(H,15,16). The molecule has 3 unspecified atom stereocenters. The second kappa shape index (κ2) is 5.41. The minimum atomic E-state index is 0.578. The van der Waals surface area contributed by atoms with Crippen molar-refractivity contribution in [3.63, 3.8) is 0 Å². The molecule has 0 aromatic heterocycles. The first-order valence-corrected chi connectivity index (χ1v) is 8.38. The molecule has 0 bridgehead atoms. The van der Waals surface area contributed by atoms with Crippen LogP contribution in [0.4, 0.5) is 0 Å². The number of fused-ring (bicyclic) bond motifs is 1. The average molecular weight is 267 g/mol. The monoisotopic (exact) mass is 267 g/mol. The maximum atomic E-state index is 4.80. The summed E-state index contributed by atoms with van der Waals surface area (Å²) >= 11 is 1.94. The number of nitrogens with zero attached hydrogens (tertiary/aromatic N) is 2. The number of aliphatic imine (C=N–C) groups is 1. The number of rotatable bonds is 4. The van der Waals surface area contributed by atoms with Gasteiger partial charge in [0.2, 0.25) is 0 Å². The highest BCUT2D eigenvalue weighted by atomic mass is 32.2. The molecule has 0 aromatic rings. The Morgan fingerprint density at radius 3 is 3.00 bits per heavy atom. The molecule has 0 amide bonds. The van der Waals surface area contributed by atoms with Crippen LogP contribution in [0.1, 0.15) is 39.0 Å². The van der Waals surface area contributed by atoms with Crippen LogP contribution in [0.3, 0.4) is 0 Å². The quantitative estimate of drug-likeness (QED) is 0.847. The van der Waals surface area contributed by atoms with Gasteiger partial charge in [-0.15, -0.1) is 0 Å². The van der Waals surface area contributed by atoms with E-state index in [1.807, 2.05) is 11.8 Å². The summed E-state index contributed by atoms with van der Waals surface area (Å²) in [6.07, 6.45) is 6.93. The highest BCUT2D eigenvalue weighted by Gasteiger charge is 2.32. The lowest BCUT2D eigenvalue weighted by Gasteiger charge is -2.29. The van der Waals surface area contributed by atoms with E-state index in [0.29, 0.717) is 6.04 Å². The highest BCUT2D eigenvalue weighted by molar-refractivity contribution is 8.13. The number of hydrogen-bond acceptors (Lipinski definition) is 3. The molecule has 0 radical (unpaired) electrons. The van der Waals surface area contributed by atoms with E-state index >= 15 is 0 Å². The van der Waals surface area contributed by atoms with Crippen LogP contribution < -0.4 is 5.32 Å². The summed E-state index contributed by atoms with van der Waals surface area (Å²) in [4.78, 5) is 7.30. The van der Waals surface area contributed by atoms with E-state index in [9.17, 15) is 0 Å². The molecule has 3 nitrogen and oxygen atoms in total. The fourth-order valence-corrected chi connectivity index (χ4v) is 4.26. The topological polar surface area (TPSA) is 27.6 Å². The Balaban J connectivity index is 1.49. The Morgan fingerprint density at radius 2 is 2.22 bits per heavy atom. The van der Waals surface area contributed by atoms with Crippen LogP contribution in [0.25, 0.3) is 0 Å². The van der Waals surface area contributed by atoms with Gasteiger partial charge >= 0.3 is 0 Å². The first-order chi connectivity index (χ1) is 8.74. The van der Waals surface area contributed by atoms with Crippen molar-refractivity contribution in [2.24, 2.45) is 10.9 Å². The third-order valence-electron chi connectivity index (χ3n) is 4.72. The molecular formula is C14H25N3S. The lowest BCUT2D eigenvalue weighted by Crippen LogP contribution is -2.42. The van der Waals surface area contributed by atoms with Crippen molar-refractivity contribution in [1.82, 2.24) is 10.2 Å². The zero-order chi connectivity index (χ0) is 12.5. The van der Waals surface area contributed by atoms with Crippen LogP contribution in [-0.4, -0.2) is 47.5 Å². The van der Waals surface area contributed by atoms with Crippen LogP contribution in [0.2, 0.25) is 0 Å². The van der Waals surface area contributed by atoms with Crippen molar-refractivity contribution in [2.45, 2.75) is 57.2 Å². The van der Waals surface area contributed by atoms with Crippen molar-refractivity contribution in [3.05, 3.63) is 0 Å². The largest absolute Gasteiger partial charge is 0.362 e. The van der Waals surface area contributed by atoms with Gasteiger partial charge in [0.05, 0.1) is 6.54 Å². The number of likely N-dealkylation sites (N-methyl/N-ethyl adjacent to an activating group) is 1. The maximum absolute atomic E-state index is 4.80. The zero-order valence-electron chi connectivity index (χ0n) is 11.6. The van der Waals surface area contributed by atoms with E-state index < -0.39 is 0 Å². The van der Waals surface area contributed by atoms with Gasteiger partial charge in [-0.2, -0.15) is 0 Å². The molecule has 2 saturated carbocycles. The van der Waals surface area contributed by atoms with Gasteiger partial charge in [0.15, 0.2) is 5.17 Å². The molecule has 18 heavy (non-hydrogen) atoms. The number of nitrogens with one attached hydrogen (secondary N) is 1. The third kappa shape index (κ3) is 2.85. The normalized spacial score (nSPS) is 35.6. The molecule has 1 aliphatic heterocycles. The van der Waals surface area contributed by atoms with Crippen LogP contribution in [0.5, 0.6) is 0 Å². The van der Waals surface area contributed by atoms with Crippen LogP contribution in [0.15, 0.2) is 4.99 Å². The average Bonchev–Trinajstić information content (AvgIpc) is 3.13. The third-order valence-corrected chi connectivity index (χ3v) is 5.83. The molecule has 1 N–H and O–H groups in total. The zero-order valence-corrected chi connectivity index (χ0v) is 12.4. The molecule has 102 valence electrons. The van der Waals surface area contributed by atoms with Crippen LogP contribution in [0, 0.1) is 5.92 Å². The first-order valence-electron chi connectivity index (χ1n) is 7.40. The van der Waals surface area contributed by atoms with Gasteiger partial charge in [-0.05, 0) is 45.6 Å². The van der Waals surface area contributed by atoms with Gasteiger partial charge in [0.25, 0.3) is 0 Å². The minimum Gasteiger partial charge on any atom is -0.362 e. The summed E-state index contributed by atoms with van der Waals surface area (Å²) in [5, 5.41) is 4.85. The molecule has 3 atom stereocenters. The second-order valence-electron chi connectivity index (χ2n) is 6.14. The van der Waals surface area contributed by atoms with Crippen LogP contribution in [-0.2, 0) is 0 Å². The molecule has 3 rings (SSSR count). The van der Waals surface area contributed by atoms with E-state index in [2.05, 4.69) is 24.2 Å². The fraction of sp³-hybridized carbons (Fsp3) is 0.929. The van der Waals surface area contributed by atoms with Gasteiger partial charge in [0.1, 0.15) is 0 Å². The van der Waals surface area contributed by atoms with Gasteiger partial charge in [-0.1, -0.05) is 18.2 Å². The van der Waals surface area contributed by atoms with E-state index in [4.69, 9.17) is 4.99 Å². The minimum absolute atomic E-state index is 0.578. The van der Waals surface area contributed by atoms with Gasteiger partial charge in [-0.3, -0.25) is 9.89 Å². The van der Waals surface area contributed by atoms with Crippen molar-refractivity contribution in [2.75, 3.05) is 19.3 Å². The Labute approximate surface area is 115 Å². The van der Waals surface area contributed by atoms with E-state index in [1.165, 1.54) is 43.0 Å². The van der Waals surface area contributed by atoms with Crippen molar-refractivity contribution in [3.8, 4) is 0 Å². The molecule has 1 saturated heterocycles. The molecule has 4 heteroatoms. The summed E-state index contributed by atoms with van der Waals surface area (Å²) < 4.78 is 0. The molecular weight excluding hydrogens is 242 g/mol. The first kappa shape index (κ1) is 12.8. The fourth-order valence-electron chi connectivity index (χ4n) is 3.09. The van der Waals surface area contributed by atoms with Crippen LogP contribution >= 0.6 is 11.8 Å². The van der Waals surface area contributed by atoms with Crippen molar-refractivity contribution < 1.29 is 0 Å². The predicted molar refractivity (Wildman–Crippen MR) is 79.3 cm³/mol. The highest BCUT2D eigenvalue weighted by Crippen LogP contribution is 2.33. The van der Waals surface area contributed by atoms with Gasteiger partial charge in [0, 0.05) is 23.9 Å². The summed E-state index contributed by atoms with van der Waals surface area (Å²) in [6, 6.07) is 2.14. The Hall–Kier alpha value is -0.220. The lowest BCUT2D eigenvalue weighted by atomic mass is 10.1. The number of hydrogen-bond donors (Lipinski definition) is 1. The Morgan fingerprint density at radius 1 is 1.39 bits per heavy atom. The second-order valence-corrected chi connectivity index (χ2v) is 7.15. The summed E-state index contributed by atoms with van der Waals surface area (Å²) in [5.41, 5.74) is 0. The Bertz CT molecular complexity index is 327. The molecule has 2 aliphatic carbocycles. The molecule has 3 aliphatic rings. The van der Waals surface area contributed by atoms with Gasteiger partial charge in [-0.25, -0.2) is 0 Å². The predicted octanol–water partition coefficient (Wildman–Crippen LogP) is 2.33. The molecule has 0 aromatic carbocycles. The molecule has 1 heterocycles. The number of amidine groups is 1. The van der Waals surface area contributed by atoms with E-state index in [-0.39, 0.29) is 0 Å². The smallest absolute Gasteiger partial charge is 0.156 e. The SMILES string of the molecule is CC(CN=C1NC2CCCC2CS1)N(C)C1CC1. The summed E-state index contributed by atoms with van der Waals surface area (Å²) in [5.74, 6) is 2.18. The number of thioether (sulfide) groups is 1. The summed E-state index contributed by atoms with van der Waals surface area (Å²) in [7, 11) is 2.25. The van der Waals surface area contributed by atoms with E-state index in [1.54, 1.807) is 0 Å². The molecule has 3 fully saturated rings. The Kier molecular flexibility index (Phi) is 3.85. The lowest BCUT2D eigenvalue weighted by molar-refractivity contribution is 0.253. The maximum Gasteiger partial charge on any atom is 0.156 e. The van der Waals surface area contributed by atoms with E-state index in [0.717, 1.165) is 24.5 Å². The van der Waals surface area contributed by atoms with Crippen molar-refractivity contribution in [1.29, 1.82) is 0 Å². The molecule has 0 spiro atoms. The van der Waals surface area contributed by atoms with Gasteiger partial charge < -0.3 is 5.32 Å². The summed E-state index contributed by atoms with van der Waals surface area (Å²) in [6.45, 7) is 3.24. The van der Waals surface area contributed by atoms with Crippen molar-refractivity contribution >= 4 is 16.9 Å².